The third-order valence-corrected chi connectivity index (χ3v) is 2.58. The second kappa shape index (κ2) is 5.65. The first-order valence-electron chi connectivity index (χ1n) is 5.33. The van der Waals surface area contributed by atoms with Crippen LogP contribution in [0.15, 0.2) is 48.5 Å². The van der Waals surface area contributed by atoms with E-state index in [1.165, 1.54) is 0 Å². The van der Waals surface area contributed by atoms with Crippen molar-refractivity contribution in [3.8, 4) is 16.9 Å². The molecule has 0 atom stereocenters. The Morgan fingerprint density at radius 1 is 1.11 bits per heavy atom. The van der Waals surface area contributed by atoms with Crippen molar-refractivity contribution in [3.63, 3.8) is 0 Å². The van der Waals surface area contributed by atoms with Crippen molar-refractivity contribution < 1.29 is 13.9 Å². The Labute approximate surface area is 109 Å². The van der Waals surface area contributed by atoms with Gasteiger partial charge in [-0.1, -0.05) is 48.5 Å². The molecule has 0 unspecified atom stereocenters. The summed E-state index contributed by atoms with van der Waals surface area (Å²) in [5.74, 6) is 0.172. The molecule has 18 heavy (non-hydrogen) atoms. The second-order valence-corrected chi connectivity index (χ2v) is 3.94. The van der Waals surface area contributed by atoms with Gasteiger partial charge < -0.3 is 4.74 Å². The van der Waals surface area contributed by atoms with Crippen LogP contribution >= 0.6 is 11.6 Å². The molecule has 4 heteroatoms. The molecule has 2 aromatic carbocycles. The molecule has 0 aliphatic heterocycles. The third kappa shape index (κ3) is 2.68. The van der Waals surface area contributed by atoms with Crippen molar-refractivity contribution in [1.82, 2.24) is 0 Å². The van der Waals surface area contributed by atoms with Crippen LogP contribution in [0.1, 0.15) is 5.56 Å². The van der Waals surface area contributed by atoms with E-state index < -0.39 is 12.1 Å². The molecule has 92 valence electrons. The minimum absolute atomic E-state index is 0.172. The van der Waals surface area contributed by atoms with Gasteiger partial charge in [0, 0.05) is 22.7 Å². The van der Waals surface area contributed by atoms with Crippen LogP contribution in [-0.4, -0.2) is 5.43 Å². The maximum Gasteiger partial charge on any atom is 0.409 e. The zero-order valence-corrected chi connectivity index (χ0v) is 10.2. The summed E-state index contributed by atoms with van der Waals surface area (Å²) < 4.78 is 17.8. The van der Waals surface area contributed by atoms with Crippen molar-refractivity contribution in [2.45, 2.75) is 6.67 Å². The fourth-order valence-corrected chi connectivity index (χ4v) is 1.81. The van der Waals surface area contributed by atoms with Gasteiger partial charge in [0.15, 0.2) is 0 Å². The fourth-order valence-electron chi connectivity index (χ4n) is 1.74. The van der Waals surface area contributed by atoms with Crippen molar-refractivity contribution in [2.24, 2.45) is 0 Å². The average Bonchev–Trinajstić information content (AvgIpc) is 2.39. The number of para-hydroxylation sites is 1. The van der Waals surface area contributed by atoms with Crippen LogP contribution in [0.3, 0.4) is 0 Å². The molecule has 0 saturated carbocycles. The molecular formula is C14H10ClFO2. The van der Waals surface area contributed by atoms with E-state index in [1.54, 1.807) is 18.2 Å². The van der Waals surface area contributed by atoms with Crippen LogP contribution < -0.4 is 4.74 Å². The lowest BCUT2D eigenvalue weighted by Gasteiger charge is -2.11. The van der Waals surface area contributed by atoms with Crippen LogP contribution in [0.4, 0.5) is 9.18 Å². The Morgan fingerprint density at radius 3 is 2.44 bits per heavy atom. The molecule has 0 radical (unpaired) electrons. The summed E-state index contributed by atoms with van der Waals surface area (Å²) in [6.07, 6.45) is 0. The summed E-state index contributed by atoms with van der Waals surface area (Å²) in [5, 5.41) is 0. The number of halogens is 2. The van der Waals surface area contributed by atoms with Crippen molar-refractivity contribution in [1.29, 1.82) is 0 Å². The molecule has 0 amide bonds. The lowest BCUT2D eigenvalue weighted by atomic mass is 10.0. The smallest absolute Gasteiger partial charge is 0.409 e. The van der Waals surface area contributed by atoms with E-state index in [9.17, 15) is 9.18 Å². The molecule has 0 aliphatic rings. The van der Waals surface area contributed by atoms with E-state index in [1.807, 2.05) is 30.3 Å². The molecule has 2 aromatic rings. The van der Waals surface area contributed by atoms with Gasteiger partial charge >= 0.3 is 5.43 Å². The van der Waals surface area contributed by atoms with E-state index in [-0.39, 0.29) is 5.75 Å². The average molecular weight is 265 g/mol. The van der Waals surface area contributed by atoms with E-state index in [2.05, 4.69) is 0 Å². The number of carbonyl (C=O) groups is 1. The SMILES string of the molecule is O=C(Cl)Oc1c(CF)cccc1-c1ccccc1. The Balaban J connectivity index is 2.56. The zero-order chi connectivity index (χ0) is 13.0. The Morgan fingerprint density at radius 2 is 1.83 bits per heavy atom. The number of carbonyl (C=O) groups excluding carboxylic acids is 1. The van der Waals surface area contributed by atoms with E-state index in [0.717, 1.165) is 5.56 Å². The number of hydrogen-bond donors (Lipinski definition) is 0. The molecular weight excluding hydrogens is 255 g/mol. The molecule has 0 spiro atoms. The van der Waals surface area contributed by atoms with Crippen LogP contribution in [-0.2, 0) is 6.67 Å². The first-order chi connectivity index (χ1) is 8.72. The second-order valence-electron chi connectivity index (χ2n) is 3.63. The Bertz CT molecular complexity index is 555. The third-order valence-electron chi connectivity index (χ3n) is 2.51. The summed E-state index contributed by atoms with van der Waals surface area (Å²) in [4.78, 5) is 10.9. The van der Waals surface area contributed by atoms with Gasteiger partial charge in [0.2, 0.25) is 0 Å². The van der Waals surface area contributed by atoms with Crippen LogP contribution in [0.25, 0.3) is 11.1 Å². The van der Waals surface area contributed by atoms with Gasteiger partial charge in [0.05, 0.1) is 0 Å². The molecule has 0 N–H and O–H groups in total. The normalized spacial score (nSPS) is 10.1. The number of ether oxygens (including phenoxy) is 1. The topological polar surface area (TPSA) is 26.3 Å². The lowest BCUT2D eigenvalue weighted by Crippen LogP contribution is -2.01. The van der Waals surface area contributed by atoms with Crippen molar-refractivity contribution in [3.05, 3.63) is 54.1 Å². The highest BCUT2D eigenvalue weighted by Crippen LogP contribution is 2.34. The molecule has 0 saturated heterocycles. The lowest BCUT2D eigenvalue weighted by molar-refractivity contribution is 0.225. The first kappa shape index (κ1) is 12.6. The van der Waals surface area contributed by atoms with Crippen molar-refractivity contribution in [2.75, 3.05) is 0 Å². The molecule has 0 aromatic heterocycles. The minimum atomic E-state index is -0.979. The highest BCUT2D eigenvalue weighted by molar-refractivity contribution is 6.61. The van der Waals surface area contributed by atoms with Gasteiger partial charge in [-0.2, -0.15) is 0 Å². The highest BCUT2D eigenvalue weighted by atomic mass is 35.5. The maximum atomic E-state index is 12.9. The van der Waals surface area contributed by atoms with Gasteiger partial charge in [0.25, 0.3) is 0 Å². The standard InChI is InChI=1S/C14H10ClFO2/c15-14(17)18-13-11(9-16)7-4-8-12(13)10-5-2-1-3-6-10/h1-8H,9H2. The number of rotatable bonds is 3. The van der Waals surface area contributed by atoms with Gasteiger partial charge in [0.1, 0.15) is 12.4 Å². The monoisotopic (exact) mass is 264 g/mol. The van der Waals surface area contributed by atoms with E-state index in [4.69, 9.17) is 16.3 Å². The number of hydrogen-bond acceptors (Lipinski definition) is 2. The quantitative estimate of drug-likeness (QED) is 0.760. The molecule has 0 bridgehead atoms. The summed E-state index contributed by atoms with van der Waals surface area (Å²) in [5.41, 5.74) is 0.791. The van der Waals surface area contributed by atoms with Crippen LogP contribution in [0, 0.1) is 0 Å². The van der Waals surface area contributed by atoms with E-state index >= 15 is 0 Å². The molecule has 2 nitrogen and oxygen atoms in total. The number of benzene rings is 2. The fraction of sp³-hybridized carbons (Fsp3) is 0.0714. The molecule has 0 aliphatic carbocycles. The van der Waals surface area contributed by atoms with Crippen molar-refractivity contribution >= 4 is 17.0 Å². The molecule has 0 heterocycles. The maximum absolute atomic E-state index is 12.9. The highest BCUT2D eigenvalue weighted by Gasteiger charge is 2.13. The molecule has 0 fully saturated rings. The van der Waals surface area contributed by atoms with Crippen LogP contribution in [0.5, 0.6) is 5.75 Å². The summed E-state index contributed by atoms with van der Waals surface area (Å²) in [6.45, 7) is -0.722. The largest absolute Gasteiger partial charge is 0.413 e. The Kier molecular flexibility index (Phi) is 3.95. The number of alkyl halides is 1. The predicted molar refractivity (Wildman–Crippen MR) is 68.6 cm³/mol. The van der Waals surface area contributed by atoms with Gasteiger partial charge in [-0.15, -0.1) is 0 Å². The Hall–Kier alpha value is -1.87. The minimum Gasteiger partial charge on any atom is -0.413 e. The van der Waals surface area contributed by atoms with Gasteiger partial charge in [-0.25, -0.2) is 9.18 Å². The van der Waals surface area contributed by atoms with E-state index in [0.29, 0.717) is 11.1 Å². The predicted octanol–water partition coefficient (Wildman–Crippen LogP) is 4.56. The summed E-state index contributed by atoms with van der Waals surface area (Å²) in [7, 11) is 0. The van der Waals surface area contributed by atoms with Crippen LogP contribution in [0.2, 0.25) is 0 Å². The summed E-state index contributed by atoms with van der Waals surface area (Å²) in [6, 6.07) is 14.3. The van der Waals surface area contributed by atoms with Gasteiger partial charge in [-0.3, -0.25) is 0 Å². The molecule has 2 rings (SSSR count). The van der Waals surface area contributed by atoms with Gasteiger partial charge in [-0.05, 0) is 5.56 Å². The summed E-state index contributed by atoms with van der Waals surface area (Å²) >= 11 is 5.22. The zero-order valence-electron chi connectivity index (χ0n) is 9.40. The first-order valence-corrected chi connectivity index (χ1v) is 5.70.